The monoisotopic (exact) mass is 726 g/mol. The summed E-state index contributed by atoms with van der Waals surface area (Å²) in [4.78, 5) is 38.5. The first-order chi connectivity index (χ1) is 25.4. The summed E-state index contributed by atoms with van der Waals surface area (Å²) in [6.07, 6.45) is -4.19. The molecule has 1 fully saturated rings. The van der Waals surface area contributed by atoms with E-state index < -0.39 is 66.9 Å². The highest BCUT2D eigenvalue weighted by Crippen LogP contribution is 2.43. The van der Waals surface area contributed by atoms with E-state index in [2.05, 4.69) is 0 Å². The summed E-state index contributed by atoms with van der Waals surface area (Å²) in [7, 11) is 0. The highest BCUT2D eigenvalue weighted by atomic mass is 16.7. The molecule has 274 valence electrons. The van der Waals surface area contributed by atoms with Gasteiger partial charge in [0.1, 0.15) is 71.1 Å². The van der Waals surface area contributed by atoms with Crippen molar-refractivity contribution in [3.05, 3.63) is 119 Å². The molecule has 14 nitrogen and oxygen atoms in total. The maximum absolute atomic E-state index is 13.1. The van der Waals surface area contributed by atoms with E-state index in [4.69, 9.17) is 23.7 Å². The van der Waals surface area contributed by atoms with Crippen LogP contribution in [0.4, 0.5) is 0 Å². The third-order valence-corrected chi connectivity index (χ3v) is 8.39. The lowest BCUT2D eigenvalue weighted by molar-refractivity contribution is -0.281. The van der Waals surface area contributed by atoms with Crippen molar-refractivity contribution < 1.29 is 68.7 Å². The van der Waals surface area contributed by atoms with Gasteiger partial charge in [0.15, 0.2) is 11.9 Å². The fourth-order valence-corrected chi connectivity index (χ4v) is 5.64. The minimum atomic E-state index is -1.83. The van der Waals surface area contributed by atoms with E-state index in [-0.39, 0.29) is 40.7 Å². The first-order valence-corrected chi connectivity index (χ1v) is 16.3. The number of fused-ring (bicyclic) bond motifs is 1. The van der Waals surface area contributed by atoms with Crippen molar-refractivity contribution in [2.24, 2.45) is 0 Å². The fraction of sp³-hybridized carbons (Fsp3) is 0.205. The number of Topliss-reactive ketones (excluding diaryl/α,β-unsaturated/α-hetero) is 1. The van der Waals surface area contributed by atoms with Gasteiger partial charge in [-0.05, 0) is 65.2 Å². The number of carbonyl (C=O) groups is 3. The van der Waals surface area contributed by atoms with Gasteiger partial charge in [-0.25, -0.2) is 9.59 Å². The number of hydrogen-bond acceptors (Lipinski definition) is 14. The van der Waals surface area contributed by atoms with Gasteiger partial charge in [-0.2, -0.15) is 0 Å². The van der Waals surface area contributed by atoms with Crippen LogP contribution in [0.3, 0.4) is 0 Å². The molecule has 0 bridgehead atoms. The fourth-order valence-electron chi connectivity index (χ4n) is 5.64. The summed E-state index contributed by atoms with van der Waals surface area (Å²) in [5.41, 5.74) is 1.62. The van der Waals surface area contributed by atoms with Gasteiger partial charge in [-0.3, -0.25) is 4.79 Å². The average molecular weight is 727 g/mol. The van der Waals surface area contributed by atoms with Crippen molar-refractivity contribution >= 4 is 29.9 Å². The Balaban J connectivity index is 1.22. The molecule has 0 spiro atoms. The zero-order valence-corrected chi connectivity index (χ0v) is 27.7. The molecule has 0 aromatic heterocycles. The number of rotatable bonds is 10. The zero-order chi connectivity index (χ0) is 37.6. The molecule has 0 aliphatic carbocycles. The van der Waals surface area contributed by atoms with Crippen molar-refractivity contribution in [2.45, 2.75) is 43.2 Å². The Morgan fingerprint density at radius 1 is 0.755 bits per heavy atom. The Hall–Kier alpha value is -6.35. The minimum absolute atomic E-state index is 0.0219. The quantitative estimate of drug-likeness (QED) is 0.101. The van der Waals surface area contributed by atoms with E-state index in [0.29, 0.717) is 16.7 Å². The second kappa shape index (κ2) is 15.9. The summed E-state index contributed by atoms with van der Waals surface area (Å²) in [6.45, 7) is -0.570. The van der Waals surface area contributed by atoms with Crippen LogP contribution in [-0.2, 0) is 23.8 Å². The van der Waals surface area contributed by atoms with Gasteiger partial charge >= 0.3 is 11.9 Å². The standard InChI is InChI=1S/C39H34O14/c40-24-9-1-21(2-10-24)5-15-33(45)49-20-32-36(47)37(48)38(53-34(46)16-6-22-3-11-25(41)12-4-22)39(52-32)50-27-17-28(43)35-29(44)19-30(51-31(35)18-27)23-7-13-26(42)14-8-23/h1-18,30,32,36-43,47-48H,19-20H2/t30-,32+,36+,37-,38-,39+/m0/s1. The number of aromatic hydroxyl groups is 4. The van der Waals surface area contributed by atoms with Gasteiger partial charge in [-0.1, -0.05) is 36.4 Å². The van der Waals surface area contributed by atoms with Gasteiger partial charge in [0.2, 0.25) is 6.29 Å². The molecule has 4 aromatic rings. The molecule has 1 saturated heterocycles. The van der Waals surface area contributed by atoms with Crippen LogP contribution in [0.1, 0.15) is 39.6 Å². The third-order valence-electron chi connectivity index (χ3n) is 8.39. The second-order valence-electron chi connectivity index (χ2n) is 12.2. The van der Waals surface area contributed by atoms with Crippen LogP contribution in [0.2, 0.25) is 0 Å². The summed E-state index contributed by atoms with van der Waals surface area (Å²) in [5, 5.41) is 61.6. The Morgan fingerprint density at radius 2 is 1.32 bits per heavy atom. The Kier molecular flexibility index (Phi) is 10.9. The van der Waals surface area contributed by atoms with Crippen LogP contribution in [-0.4, -0.2) is 85.7 Å². The number of phenolic OH excluding ortho intramolecular Hbond substituents is 4. The van der Waals surface area contributed by atoms with Gasteiger partial charge in [-0.15, -0.1) is 0 Å². The molecule has 14 heteroatoms. The highest BCUT2D eigenvalue weighted by molar-refractivity contribution is 6.02. The third kappa shape index (κ3) is 8.94. The van der Waals surface area contributed by atoms with E-state index >= 15 is 0 Å². The maximum Gasteiger partial charge on any atom is 0.331 e. The molecule has 6 N–H and O–H groups in total. The van der Waals surface area contributed by atoms with Crippen LogP contribution >= 0.6 is 0 Å². The first-order valence-electron chi connectivity index (χ1n) is 16.3. The van der Waals surface area contributed by atoms with Crippen LogP contribution in [0, 0.1) is 0 Å². The van der Waals surface area contributed by atoms with Crippen LogP contribution in [0.5, 0.6) is 34.5 Å². The van der Waals surface area contributed by atoms with Gasteiger partial charge in [0, 0.05) is 24.3 Å². The number of benzene rings is 4. The number of esters is 2. The number of aliphatic hydroxyl groups is 2. The summed E-state index contributed by atoms with van der Waals surface area (Å²) >= 11 is 0. The maximum atomic E-state index is 13.1. The van der Waals surface area contributed by atoms with Crippen molar-refractivity contribution in [1.82, 2.24) is 0 Å². The van der Waals surface area contributed by atoms with Crippen LogP contribution in [0.15, 0.2) is 97.1 Å². The minimum Gasteiger partial charge on any atom is -0.508 e. The SMILES string of the molecule is O=C(C=Cc1ccc(O)cc1)OC[C@H]1O[C@@H](Oc2cc(O)c3c(c2)O[C@H](c2ccc(O)cc2)CC3=O)[C@@H](OC(=O)C=Cc2ccc(O)cc2)[C@@H](O)[C@@H]1O. The summed E-state index contributed by atoms with van der Waals surface area (Å²) in [5.74, 6) is -2.78. The lowest BCUT2D eigenvalue weighted by Crippen LogP contribution is -2.61. The average Bonchev–Trinajstić information content (AvgIpc) is 3.13. The van der Waals surface area contributed by atoms with E-state index in [1.165, 1.54) is 54.6 Å². The highest BCUT2D eigenvalue weighted by Gasteiger charge is 2.48. The molecule has 0 amide bonds. The summed E-state index contributed by atoms with van der Waals surface area (Å²) < 4.78 is 28.6. The van der Waals surface area contributed by atoms with Crippen molar-refractivity contribution in [3.63, 3.8) is 0 Å². The molecule has 2 aliphatic heterocycles. The number of aliphatic hydroxyl groups excluding tert-OH is 2. The predicted octanol–water partition coefficient (Wildman–Crippen LogP) is 3.92. The first kappa shape index (κ1) is 36.4. The molecule has 2 heterocycles. The predicted molar refractivity (Wildman–Crippen MR) is 185 cm³/mol. The molecule has 0 unspecified atom stereocenters. The Bertz CT molecular complexity index is 2000. The molecule has 0 saturated carbocycles. The van der Waals surface area contributed by atoms with E-state index in [1.54, 1.807) is 36.4 Å². The largest absolute Gasteiger partial charge is 0.508 e. The molecule has 6 atom stereocenters. The molecule has 4 aromatic carbocycles. The number of ether oxygens (including phenoxy) is 5. The second-order valence-corrected chi connectivity index (χ2v) is 12.2. The topological polar surface area (TPSA) is 219 Å². The number of hydrogen-bond donors (Lipinski definition) is 6. The lowest BCUT2D eigenvalue weighted by atomic mass is 9.95. The zero-order valence-electron chi connectivity index (χ0n) is 27.7. The van der Waals surface area contributed by atoms with Crippen molar-refractivity contribution in [2.75, 3.05) is 6.61 Å². The molecule has 53 heavy (non-hydrogen) atoms. The van der Waals surface area contributed by atoms with Crippen LogP contribution in [0.25, 0.3) is 12.2 Å². The van der Waals surface area contributed by atoms with Gasteiger partial charge in [0.05, 0.1) is 6.42 Å². The smallest absolute Gasteiger partial charge is 0.331 e. The van der Waals surface area contributed by atoms with E-state index in [1.807, 2.05) is 0 Å². The van der Waals surface area contributed by atoms with Gasteiger partial charge in [0.25, 0.3) is 0 Å². The van der Waals surface area contributed by atoms with Crippen molar-refractivity contribution in [3.8, 4) is 34.5 Å². The molecular weight excluding hydrogens is 692 g/mol. The number of phenols is 4. The number of ketones is 1. The Morgan fingerprint density at radius 3 is 1.92 bits per heavy atom. The Labute approximate surface area is 302 Å². The number of carbonyl (C=O) groups excluding carboxylic acids is 3. The lowest BCUT2D eigenvalue weighted by Gasteiger charge is -2.41. The van der Waals surface area contributed by atoms with Gasteiger partial charge < -0.3 is 54.3 Å². The van der Waals surface area contributed by atoms with Crippen molar-refractivity contribution in [1.29, 1.82) is 0 Å². The molecule has 2 aliphatic rings. The molecule has 0 radical (unpaired) electrons. The van der Waals surface area contributed by atoms with Crippen LogP contribution < -0.4 is 9.47 Å². The van der Waals surface area contributed by atoms with E-state index in [0.717, 1.165) is 18.2 Å². The van der Waals surface area contributed by atoms with E-state index in [9.17, 15) is 45.0 Å². The molecular formula is C39H34O14. The molecule has 6 rings (SSSR count). The normalized spacial score (nSPS) is 22.6. The summed E-state index contributed by atoms with van der Waals surface area (Å²) in [6, 6.07) is 20.4.